The maximum atomic E-state index is 13.1. The lowest BCUT2D eigenvalue weighted by atomic mass is 9.63. The van der Waals surface area contributed by atoms with Crippen LogP contribution in [-0.4, -0.2) is 36.8 Å². The summed E-state index contributed by atoms with van der Waals surface area (Å²) in [5, 5.41) is 0. The summed E-state index contributed by atoms with van der Waals surface area (Å²) in [5.74, 6) is -0.0422. The van der Waals surface area contributed by atoms with Crippen LogP contribution in [0, 0.1) is 35.5 Å². The predicted molar refractivity (Wildman–Crippen MR) is 90.4 cm³/mol. The lowest BCUT2D eigenvalue weighted by Gasteiger charge is -2.37. The van der Waals surface area contributed by atoms with E-state index in [1.807, 2.05) is 0 Å². The molecule has 3 fully saturated rings. The van der Waals surface area contributed by atoms with E-state index in [0.29, 0.717) is 17.6 Å². The van der Waals surface area contributed by atoms with Gasteiger partial charge in [0.25, 0.3) is 5.91 Å². The van der Waals surface area contributed by atoms with Crippen LogP contribution in [0.25, 0.3) is 0 Å². The molecule has 6 atom stereocenters. The smallest absolute Gasteiger partial charge is 0.271 e. The minimum absolute atomic E-state index is 0.0991. The van der Waals surface area contributed by atoms with Crippen LogP contribution in [0.1, 0.15) is 16.8 Å². The van der Waals surface area contributed by atoms with Crippen LogP contribution in [0.3, 0.4) is 0 Å². The molecule has 1 heterocycles. The van der Waals surface area contributed by atoms with Crippen LogP contribution in [-0.2, 0) is 9.59 Å². The molecule has 2 bridgehead atoms. The molecular weight excluding hydrogens is 334 g/mol. The van der Waals surface area contributed by atoms with E-state index < -0.39 is 5.91 Å². The Kier molecular flexibility index (Phi) is 3.12. The lowest BCUT2D eigenvalue weighted by Crippen LogP contribution is -2.40. The molecule has 134 valence electrons. The van der Waals surface area contributed by atoms with Gasteiger partial charge in [-0.25, -0.2) is 4.90 Å². The first-order valence-corrected chi connectivity index (χ1v) is 8.89. The zero-order chi connectivity index (χ0) is 18.2. The lowest BCUT2D eigenvalue weighted by molar-refractivity contribution is -0.136. The largest absolute Gasteiger partial charge is 0.497 e. The Morgan fingerprint density at radius 3 is 2.15 bits per heavy atom. The summed E-state index contributed by atoms with van der Waals surface area (Å²) < 4.78 is 10.4. The Hall–Kier alpha value is -2.63. The fraction of sp³-hybridized carbons (Fsp3) is 0.450. The summed E-state index contributed by atoms with van der Waals surface area (Å²) in [7, 11) is 2.96. The Morgan fingerprint density at radius 2 is 1.62 bits per heavy atom. The number of imide groups is 3. The van der Waals surface area contributed by atoms with Gasteiger partial charge < -0.3 is 9.47 Å². The first-order chi connectivity index (χ1) is 12.6. The van der Waals surface area contributed by atoms with Gasteiger partial charge in [-0.1, -0.05) is 12.2 Å². The van der Waals surface area contributed by atoms with Crippen LogP contribution in [0.15, 0.2) is 30.4 Å². The van der Waals surface area contributed by atoms with Crippen molar-refractivity contribution in [1.82, 2.24) is 4.90 Å². The maximum absolute atomic E-state index is 13.1. The van der Waals surface area contributed by atoms with Gasteiger partial charge in [0.1, 0.15) is 11.5 Å². The Morgan fingerprint density at radius 1 is 1.00 bits per heavy atom. The molecule has 5 aliphatic rings. The number of allylic oxidation sites excluding steroid dienone is 2. The zero-order valence-corrected chi connectivity index (χ0v) is 14.5. The molecule has 0 spiro atoms. The number of benzene rings is 1. The van der Waals surface area contributed by atoms with Crippen molar-refractivity contribution < 1.29 is 23.9 Å². The molecule has 6 heteroatoms. The van der Waals surface area contributed by atoms with Crippen LogP contribution in [0.4, 0.5) is 0 Å². The van der Waals surface area contributed by atoms with E-state index in [2.05, 4.69) is 12.2 Å². The topological polar surface area (TPSA) is 72.9 Å². The number of methoxy groups -OCH3 is 2. The van der Waals surface area contributed by atoms with Crippen molar-refractivity contribution in [3.05, 3.63) is 35.9 Å². The monoisotopic (exact) mass is 353 g/mol. The summed E-state index contributed by atoms with van der Waals surface area (Å²) in [6, 6.07) is 4.73. The van der Waals surface area contributed by atoms with Crippen LogP contribution >= 0.6 is 0 Å². The third-order valence-electron chi connectivity index (χ3n) is 6.50. The van der Waals surface area contributed by atoms with Crippen molar-refractivity contribution in [2.24, 2.45) is 35.5 Å². The van der Waals surface area contributed by atoms with Crippen molar-refractivity contribution in [2.45, 2.75) is 6.42 Å². The van der Waals surface area contributed by atoms with Gasteiger partial charge in [0.05, 0.1) is 31.6 Å². The summed E-state index contributed by atoms with van der Waals surface area (Å²) in [4.78, 5) is 40.0. The highest BCUT2D eigenvalue weighted by molar-refractivity contribution is 6.22. The second-order valence-corrected chi connectivity index (χ2v) is 7.54. The summed E-state index contributed by atoms with van der Waals surface area (Å²) >= 11 is 0. The fourth-order valence-electron chi connectivity index (χ4n) is 5.25. The number of ether oxygens (including phenoxy) is 2. The molecule has 2 saturated carbocycles. The summed E-state index contributed by atoms with van der Waals surface area (Å²) in [6.07, 6.45) is 5.27. The van der Waals surface area contributed by atoms with Crippen LogP contribution in [0.5, 0.6) is 11.5 Å². The number of amides is 3. The number of likely N-dealkylation sites (tertiary alicyclic amines) is 1. The molecule has 3 amide bonds. The molecule has 4 aliphatic carbocycles. The molecule has 1 aliphatic heterocycles. The molecule has 0 N–H and O–H groups in total. The normalized spacial score (nSPS) is 36.0. The van der Waals surface area contributed by atoms with Gasteiger partial charge in [-0.05, 0) is 42.2 Å². The van der Waals surface area contributed by atoms with E-state index in [1.54, 1.807) is 12.1 Å². The van der Waals surface area contributed by atoms with Gasteiger partial charge in [-0.2, -0.15) is 0 Å². The van der Waals surface area contributed by atoms with Crippen LogP contribution < -0.4 is 9.47 Å². The van der Waals surface area contributed by atoms with Gasteiger partial charge in [-0.3, -0.25) is 14.4 Å². The van der Waals surface area contributed by atoms with E-state index in [0.717, 1.165) is 11.3 Å². The molecule has 0 aromatic heterocycles. The van der Waals surface area contributed by atoms with Crippen LogP contribution in [0.2, 0.25) is 0 Å². The van der Waals surface area contributed by atoms with Crippen molar-refractivity contribution in [1.29, 1.82) is 0 Å². The molecule has 0 unspecified atom stereocenters. The molecule has 1 aromatic carbocycles. The zero-order valence-electron chi connectivity index (χ0n) is 14.5. The first-order valence-electron chi connectivity index (χ1n) is 8.89. The molecule has 26 heavy (non-hydrogen) atoms. The predicted octanol–water partition coefficient (Wildman–Crippen LogP) is 1.90. The van der Waals surface area contributed by atoms with E-state index in [4.69, 9.17) is 9.47 Å². The molecule has 1 saturated heterocycles. The van der Waals surface area contributed by atoms with Gasteiger partial charge >= 0.3 is 0 Å². The highest BCUT2D eigenvalue weighted by Gasteiger charge is 2.67. The second kappa shape index (κ2) is 5.19. The Labute approximate surface area is 150 Å². The Bertz CT molecular complexity index is 839. The van der Waals surface area contributed by atoms with Gasteiger partial charge in [0.15, 0.2) is 0 Å². The standard InChI is InChI=1S/C20H19NO5/c1-25-9-3-4-12(15(7-9)26-2)18(22)21-19(23)16-10-5-6-11(14-8-13(10)14)17(16)20(21)24/h3-7,10-11,13-14,16-17H,8H2,1-2H3/t10-,11-,13-,14+,16-,17+/m0/s1. The number of carbonyl (C=O) groups is 3. The number of carbonyl (C=O) groups excluding carboxylic acids is 3. The molecule has 6 rings (SSSR count). The average molecular weight is 353 g/mol. The van der Waals surface area contributed by atoms with E-state index in [1.165, 1.54) is 20.3 Å². The number of rotatable bonds is 3. The van der Waals surface area contributed by atoms with Gasteiger partial charge in [0, 0.05) is 6.07 Å². The second-order valence-electron chi connectivity index (χ2n) is 7.54. The highest BCUT2D eigenvalue weighted by atomic mass is 16.5. The first kappa shape index (κ1) is 15.6. The third-order valence-corrected chi connectivity index (χ3v) is 6.50. The van der Waals surface area contributed by atoms with Crippen molar-refractivity contribution >= 4 is 17.7 Å². The van der Waals surface area contributed by atoms with Crippen molar-refractivity contribution in [2.75, 3.05) is 14.2 Å². The number of hydrogen-bond donors (Lipinski definition) is 0. The minimum atomic E-state index is -0.609. The third kappa shape index (κ3) is 1.84. The molecule has 6 nitrogen and oxygen atoms in total. The quantitative estimate of drug-likeness (QED) is 0.613. The van der Waals surface area contributed by atoms with Crippen molar-refractivity contribution in [3.8, 4) is 11.5 Å². The highest BCUT2D eigenvalue weighted by Crippen LogP contribution is 2.65. The molecule has 1 aromatic rings. The summed E-state index contributed by atoms with van der Waals surface area (Å²) in [5.41, 5.74) is 0.194. The maximum Gasteiger partial charge on any atom is 0.271 e. The molecular formula is C20H19NO5. The average Bonchev–Trinajstić information content (AvgIpc) is 3.44. The van der Waals surface area contributed by atoms with E-state index >= 15 is 0 Å². The fourth-order valence-corrected chi connectivity index (χ4v) is 5.25. The van der Waals surface area contributed by atoms with E-state index in [9.17, 15) is 14.4 Å². The Balaban J connectivity index is 1.51. The minimum Gasteiger partial charge on any atom is -0.497 e. The number of nitrogens with zero attached hydrogens (tertiary/aromatic N) is 1. The van der Waals surface area contributed by atoms with Gasteiger partial charge in [-0.15, -0.1) is 0 Å². The summed E-state index contributed by atoms with van der Waals surface area (Å²) in [6.45, 7) is 0. The van der Waals surface area contributed by atoms with Gasteiger partial charge in [0.2, 0.25) is 11.8 Å². The van der Waals surface area contributed by atoms with Crippen molar-refractivity contribution in [3.63, 3.8) is 0 Å². The van der Waals surface area contributed by atoms with E-state index in [-0.39, 0.29) is 46.8 Å². The number of hydrogen-bond acceptors (Lipinski definition) is 5. The SMILES string of the molecule is COc1ccc(C(=O)N2C(=O)[C@@H]3[C@H]4C=C[C@@H]([C@@H]5C[C@H]45)[C@@H]3C2=O)c(OC)c1. The molecule has 0 radical (unpaired) electrons.